The largest absolute Gasteiger partial charge is 0.378 e. The van der Waals surface area contributed by atoms with E-state index in [1.54, 1.807) is 0 Å². The number of aromatic nitrogens is 1. The van der Waals surface area contributed by atoms with Gasteiger partial charge in [0.05, 0.1) is 11.8 Å². The van der Waals surface area contributed by atoms with Gasteiger partial charge in [0.2, 0.25) is 0 Å². The third-order valence-corrected chi connectivity index (χ3v) is 3.83. The fraction of sp³-hybridized carbons (Fsp3) is 0.750. The molecule has 0 aromatic carbocycles. The summed E-state index contributed by atoms with van der Waals surface area (Å²) >= 11 is 0. The monoisotopic (exact) mass is 308 g/mol. The summed E-state index contributed by atoms with van der Waals surface area (Å²) in [5.74, 6) is 1.77. The molecule has 0 bridgehead atoms. The quantitative estimate of drug-likeness (QED) is 0.645. The van der Waals surface area contributed by atoms with Crippen molar-refractivity contribution in [1.29, 1.82) is 0 Å². The molecule has 124 valence electrons. The van der Waals surface area contributed by atoms with Gasteiger partial charge in [0.15, 0.2) is 11.7 Å². The van der Waals surface area contributed by atoms with Crippen molar-refractivity contribution in [3.05, 3.63) is 17.5 Å². The van der Waals surface area contributed by atoms with Gasteiger partial charge in [-0.2, -0.15) is 0 Å². The minimum Gasteiger partial charge on any atom is -0.378 e. The van der Waals surface area contributed by atoms with E-state index in [1.165, 1.54) is 0 Å². The second kappa shape index (κ2) is 8.78. The van der Waals surface area contributed by atoms with E-state index in [4.69, 9.17) is 9.26 Å². The molecule has 1 N–H and O–H groups in total. The Morgan fingerprint density at radius 2 is 2.18 bits per heavy atom. The Hall–Kier alpha value is -1.56. The second-order valence-electron chi connectivity index (χ2n) is 5.45. The highest BCUT2D eigenvalue weighted by atomic mass is 16.5. The summed E-state index contributed by atoms with van der Waals surface area (Å²) in [4.78, 5) is 6.98. The van der Waals surface area contributed by atoms with E-state index < -0.39 is 0 Å². The first-order valence-electron chi connectivity index (χ1n) is 8.36. The molecular weight excluding hydrogens is 280 g/mol. The Labute approximate surface area is 132 Å². The van der Waals surface area contributed by atoms with Gasteiger partial charge < -0.3 is 19.5 Å². The Morgan fingerprint density at radius 1 is 1.41 bits per heavy atom. The molecule has 0 spiro atoms. The lowest BCUT2D eigenvalue weighted by Crippen LogP contribution is -2.47. The number of aryl methyl sites for hydroxylation is 1. The maximum atomic E-state index is 5.71. The molecule has 0 atom stereocenters. The van der Waals surface area contributed by atoms with E-state index in [9.17, 15) is 0 Å². The van der Waals surface area contributed by atoms with Crippen LogP contribution in [0, 0.1) is 0 Å². The molecule has 0 aliphatic carbocycles. The number of piperidine rings is 1. The van der Waals surface area contributed by atoms with Crippen molar-refractivity contribution in [2.45, 2.75) is 52.7 Å². The Bertz CT molecular complexity index is 464. The molecule has 0 radical (unpaired) electrons. The highest BCUT2D eigenvalue weighted by Crippen LogP contribution is 2.14. The van der Waals surface area contributed by atoms with Crippen LogP contribution in [-0.2, 0) is 17.7 Å². The van der Waals surface area contributed by atoms with Crippen LogP contribution in [0.15, 0.2) is 15.6 Å². The van der Waals surface area contributed by atoms with E-state index in [0.717, 1.165) is 62.9 Å². The van der Waals surface area contributed by atoms with Crippen molar-refractivity contribution < 1.29 is 9.26 Å². The Balaban J connectivity index is 1.92. The predicted molar refractivity (Wildman–Crippen MR) is 86.9 cm³/mol. The second-order valence-corrected chi connectivity index (χ2v) is 5.45. The normalized spacial score (nSPS) is 17.0. The standard InChI is InChI=1S/C16H28N4O2/c1-4-13-11-15(22-19-13)12-18-16(17-5-2)20-9-7-14(8-10-20)21-6-3/h11,14H,4-10,12H2,1-3H3,(H,17,18). The van der Waals surface area contributed by atoms with Gasteiger partial charge in [-0.05, 0) is 33.1 Å². The summed E-state index contributed by atoms with van der Waals surface area (Å²) in [5.41, 5.74) is 0.979. The molecule has 1 aliphatic rings. The van der Waals surface area contributed by atoms with E-state index >= 15 is 0 Å². The van der Waals surface area contributed by atoms with Crippen LogP contribution < -0.4 is 5.32 Å². The van der Waals surface area contributed by atoms with Crippen LogP contribution in [0.1, 0.15) is 45.1 Å². The molecule has 0 unspecified atom stereocenters. The zero-order valence-electron chi connectivity index (χ0n) is 14.0. The predicted octanol–water partition coefficient (Wildman–Crippen LogP) is 2.20. The summed E-state index contributed by atoms with van der Waals surface area (Å²) in [6.45, 7) is 10.4. The van der Waals surface area contributed by atoms with Crippen LogP contribution in [0.2, 0.25) is 0 Å². The molecule has 1 aromatic heterocycles. The minimum absolute atomic E-state index is 0.394. The number of guanidine groups is 1. The summed E-state index contributed by atoms with van der Waals surface area (Å²) in [7, 11) is 0. The lowest BCUT2D eigenvalue weighted by Gasteiger charge is -2.34. The minimum atomic E-state index is 0.394. The van der Waals surface area contributed by atoms with Crippen molar-refractivity contribution in [1.82, 2.24) is 15.4 Å². The van der Waals surface area contributed by atoms with E-state index in [1.807, 2.05) is 6.07 Å². The van der Waals surface area contributed by atoms with Crippen molar-refractivity contribution in [3.63, 3.8) is 0 Å². The van der Waals surface area contributed by atoms with Crippen molar-refractivity contribution >= 4 is 5.96 Å². The first kappa shape index (κ1) is 16.8. The van der Waals surface area contributed by atoms with Crippen molar-refractivity contribution in [3.8, 4) is 0 Å². The fourth-order valence-electron chi connectivity index (χ4n) is 2.65. The van der Waals surface area contributed by atoms with Gasteiger partial charge in [-0.15, -0.1) is 0 Å². The van der Waals surface area contributed by atoms with Crippen LogP contribution in [0.5, 0.6) is 0 Å². The molecular formula is C16H28N4O2. The molecule has 1 aliphatic heterocycles. The number of ether oxygens (including phenoxy) is 1. The number of rotatable bonds is 6. The first-order valence-corrected chi connectivity index (χ1v) is 8.36. The van der Waals surface area contributed by atoms with Gasteiger partial charge in [-0.1, -0.05) is 12.1 Å². The molecule has 1 fully saturated rings. The average Bonchev–Trinajstić information content (AvgIpc) is 3.01. The van der Waals surface area contributed by atoms with Gasteiger partial charge in [0, 0.05) is 32.3 Å². The number of likely N-dealkylation sites (tertiary alicyclic amines) is 1. The number of nitrogens with one attached hydrogen (secondary N) is 1. The number of aliphatic imine (C=N–C) groups is 1. The number of hydrogen-bond donors (Lipinski definition) is 1. The summed E-state index contributed by atoms with van der Waals surface area (Å²) < 4.78 is 11.0. The van der Waals surface area contributed by atoms with Gasteiger partial charge in [-0.25, -0.2) is 4.99 Å². The average molecular weight is 308 g/mol. The van der Waals surface area contributed by atoms with E-state index in [0.29, 0.717) is 12.6 Å². The topological polar surface area (TPSA) is 62.9 Å². The van der Waals surface area contributed by atoms with Gasteiger partial charge in [0.25, 0.3) is 0 Å². The third kappa shape index (κ3) is 4.73. The molecule has 1 aromatic rings. The van der Waals surface area contributed by atoms with Crippen LogP contribution in [0.3, 0.4) is 0 Å². The molecule has 0 saturated carbocycles. The highest BCUT2D eigenvalue weighted by Gasteiger charge is 2.21. The summed E-state index contributed by atoms with van der Waals surface area (Å²) in [6, 6.07) is 1.98. The first-order chi connectivity index (χ1) is 10.8. The van der Waals surface area contributed by atoms with E-state index in [-0.39, 0.29) is 0 Å². The highest BCUT2D eigenvalue weighted by molar-refractivity contribution is 5.80. The number of nitrogens with zero attached hydrogens (tertiary/aromatic N) is 3. The lowest BCUT2D eigenvalue weighted by atomic mass is 10.1. The smallest absolute Gasteiger partial charge is 0.194 e. The van der Waals surface area contributed by atoms with Crippen LogP contribution in [0.4, 0.5) is 0 Å². The maximum absolute atomic E-state index is 5.71. The van der Waals surface area contributed by atoms with Gasteiger partial charge in [0.1, 0.15) is 6.54 Å². The Morgan fingerprint density at radius 3 is 2.77 bits per heavy atom. The third-order valence-electron chi connectivity index (χ3n) is 3.83. The van der Waals surface area contributed by atoms with E-state index in [2.05, 4.69) is 41.1 Å². The summed E-state index contributed by atoms with van der Waals surface area (Å²) in [6.07, 6.45) is 3.39. The molecule has 0 amide bonds. The number of hydrogen-bond acceptors (Lipinski definition) is 4. The van der Waals surface area contributed by atoms with Crippen molar-refractivity contribution in [2.75, 3.05) is 26.2 Å². The zero-order chi connectivity index (χ0) is 15.8. The molecule has 1 saturated heterocycles. The molecule has 2 heterocycles. The van der Waals surface area contributed by atoms with Gasteiger partial charge >= 0.3 is 0 Å². The van der Waals surface area contributed by atoms with Crippen LogP contribution in [-0.4, -0.2) is 48.4 Å². The molecule has 6 nitrogen and oxygen atoms in total. The zero-order valence-corrected chi connectivity index (χ0v) is 14.0. The Kier molecular flexibility index (Phi) is 6.71. The lowest BCUT2D eigenvalue weighted by molar-refractivity contribution is 0.0263. The van der Waals surface area contributed by atoms with Gasteiger partial charge in [-0.3, -0.25) is 0 Å². The molecule has 22 heavy (non-hydrogen) atoms. The van der Waals surface area contributed by atoms with Crippen LogP contribution in [0.25, 0.3) is 0 Å². The fourth-order valence-corrected chi connectivity index (χ4v) is 2.65. The maximum Gasteiger partial charge on any atom is 0.194 e. The molecule has 6 heteroatoms. The van der Waals surface area contributed by atoms with Crippen LogP contribution >= 0.6 is 0 Å². The SMILES string of the molecule is CCNC(=NCc1cc(CC)no1)N1CCC(OCC)CC1. The van der Waals surface area contributed by atoms with Crippen molar-refractivity contribution in [2.24, 2.45) is 4.99 Å². The molecule has 2 rings (SSSR count). The summed E-state index contributed by atoms with van der Waals surface area (Å²) in [5, 5.41) is 7.37.